The number of aryl methyl sites for hydroxylation is 2. The summed E-state index contributed by atoms with van der Waals surface area (Å²) in [5.74, 6) is -2.16. The van der Waals surface area contributed by atoms with Crippen molar-refractivity contribution >= 4 is 27.5 Å². The molecule has 0 saturated heterocycles. The summed E-state index contributed by atoms with van der Waals surface area (Å²) in [5, 5.41) is 12.6. The molecule has 3 aromatic carbocycles. The monoisotopic (exact) mass is 863 g/mol. The van der Waals surface area contributed by atoms with Crippen LogP contribution >= 0.6 is 0 Å². The van der Waals surface area contributed by atoms with E-state index in [1.165, 1.54) is 70.5 Å². The van der Waals surface area contributed by atoms with Crippen molar-refractivity contribution in [1.29, 1.82) is 0 Å². The molecular weight excluding hydrogens is 812 g/mol. The molecule has 2 aliphatic carbocycles. The number of pyridine rings is 1. The van der Waals surface area contributed by atoms with Crippen molar-refractivity contribution < 1.29 is 43.2 Å². The molecule has 0 atom stereocenters. The van der Waals surface area contributed by atoms with E-state index in [4.69, 9.17) is 10.1 Å². The molecule has 1 heterocycles. The number of halogens is 3. The van der Waals surface area contributed by atoms with Gasteiger partial charge in [-0.05, 0) is 91.9 Å². The molecule has 2 saturated carbocycles. The second kappa shape index (κ2) is 15.7. The third-order valence-corrected chi connectivity index (χ3v) is 10.5. The molecule has 0 amide bonds. The first kappa shape index (κ1) is 39.8. The van der Waals surface area contributed by atoms with Crippen molar-refractivity contribution in [1.82, 2.24) is 4.98 Å². The van der Waals surface area contributed by atoms with E-state index in [2.05, 4.69) is 103 Å². The zero-order valence-corrected chi connectivity index (χ0v) is 32.9. The van der Waals surface area contributed by atoms with Gasteiger partial charge in [0.25, 0.3) is 0 Å². The van der Waals surface area contributed by atoms with Gasteiger partial charge in [0.2, 0.25) is 5.76 Å². The van der Waals surface area contributed by atoms with Crippen molar-refractivity contribution in [3.63, 3.8) is 0 Å². The van der Waals surface area contributed by atoms with Gasteiger partial charge in [-0.1, -0.05) is 95.2 Å². The van der Waals surface area contributed by atoms with Crippen LogP contribution in [0.4, 0.5) is 13.2 Å². The van der Waals surface area contributed by atoms with Crippen LogP contribution in [0.3, 0.4) is 0 Å². The first-order valence-corrected chi connectivity index (χ1v) is 17.8. The third kappa shape index (κ3) is 9.44. The normalized spacial score (nSPS) is 17.6. The molecular formula is C43H51F3IrNO2-. The molecule has 0 aliphatic heterocycles. The van der Waals surface area contributed by atoms with Gasteiger partial charge in [-0.25, -0.2) is 0 Å². The molecule has 1 N–H and O–H groups in total. The molecule has 2 fully saturated rings. The van der Waals surface area contributed by atoms with Crippen molar-refractivity contribution in [2.24, 2.45) is 11.3 Å². The third-order valence-electron chi connectivity index (χ3n) is 10.5. The maximum absolute atomic E-state index is 12.0. The van der Waals surface area contributed by atoms with E-state index in [-0.39, 0.29) is 36.9 Å². The van der Waals surface area contributed by atoms with Crippen LogP contribution in [-0.4, -0.2) is 22.1 Å². The van der Waals surface area contributed by atoms with Crippen molar-refractivity contribution in [2.45, 2.75) is 124 Å². The van der Waals surface area contributed by atoms with Crippen molar-refractivity contribution in [3.05, 3.63) is 88.7 Å². The van der Waals surface area contributed by atoms with E-state index in [0.717, 1.165) is 29.6 Å². The number of rotatable bonds is 4. The average molecular weight is 863 g/mol. The summed E-state index contributed by atoms with van der Waals surface area (Å²) in [6, 6.07) is 21.7. The summed E-state index contributed by atoms with van der Waals surface area (Å²) >= 11 is 0. The molecule has 0 bridgehead atoms. The number of hydrogen-bond donors (Lipinski definition) is 1. The number of ketones is 1. The molecule has 271 valence electrons. The summed E-state index contributed by atoms with van der Waals surface area (Å²) in [6.07, 6.45) is 4.95. The molecule has 3 nitrogen and oxygen atoms in total. The van der Waals surface area contributed by atoms with E-state index >= 15 is 0 Å². The van der Waals surface area contributed by atoms with Crippen LogP contribution in [0, 0.1) is 31.2 Å². The largest absolute Gasteiger partial charge is 0.504 e. The molecule has 0 spiro atoms. The Morgan fingerprint density at radius 2 is 1.58 bits per heavy atom. The van der Waals surface area contributed by atoms with Crippen molar-refractivity contribution in [2.75, 3.05) is 0 Å². The van der Waals surface area contributed by atoms with Gasteiger partial charge in [-0.3, -0.25) is 9.78 Å². The van der Waals surface area contributed by atoms with E-state index in [0.29, 0.717) is 24.8 Å². The molecule has 1 aromatic heterocycles. The first-order valence-electron chi connectivity index (χ1n) is 17.8. The average Bonchev–Trinajstić information content (AvgIpc) is 3.03. The number of fused-ring (bicyclic) bond motifs is 2. The Labute approximate surface area is 309 Å². The van der Waals surface area contributed by atoms with E-state index in [1.807, 2.05) is 0 Å². The summed E-state index contributed by atoms with van der Waals surface area (Å²) in [5.41, 5.74) is 9.05. The summed E-state index contributed by atoms with van der Waals surface area (Å²) in [4.78, 5) is 16.8. The number of nitrogens with zero attached hydrogens (tertiary/aromatic N) is 1. The number of aromatic nitrogens is 1. The van der Waals surface area contributed by atoms with Crippen LogP contribution in [-0.2, 0) is 30.3 Å². The van der Waals surface area contributed by atoms with Gasteiger partial charge >= 0.3 is 6.18 Å². The Morgan fingerprint density at radius 3 is 2.20 bits per heavy atom. The molecule has 4 aromatic rings. The number of carbonyl (C=O) groups excluding carboxylic acids is 1. The fourth-order valence-corrected chi connectivity index (χ4v) is 7.67. The Balaban J connectivity index is 0.000000267. The number of carbonyl (C=O) groups is 1. The number of alkyl halides is 3. The summed E-state index contributed by atoms with van der Waals surface area (Å²) in [6.45, 7) is 15.5. The quantitative estimate of drug-likeness (QED) is 0.126. The first-order chi connectivity index (χ1) is 22.9. The maximum atomic E-state index is 12.0. The molecule has 1 radical (unpaired) electrons. The van der Waals surface area contributed by atoms with Crippen LogP contribution in [0.15, 0.2) is 60.4 Å². The van der Waals surface area contributed by atoms with E-state index < -0.39 is 17.7 Å². The molecule has 50 heavy (non-hydrogen) atoms. The molecule has 0 unspecified atom stereocenters. The van der Waals surface area contributed by atoms with Crippen LogP contribution in [0.25, 0.3) is 32.9 Å². The minimum Gasteiger partial charge on any atom is -0.504 e. The smallest absolute Gasteiger partial charge is 0.448 e. The number of allylic oxidation sites excluding steroid dienone is 2. The maximum Gasteiger partial charge on any atom is 0.448 e. The Bertz CT molecular complexity index is 1850. The number of aliphatic hydroxyl groups excluding tert-OH is 1. The predicted octanol–water partition coefficient (Wildman–Crippen LogP) is 12.6. The van der Waals surface area contributed by atoms with E-state index in [9.17, 15) is 18.0 Å². The van der Waals surface area contributed by atoms with Gasteiger partial charge in [0.05, 0.1) is 5.52 Å². The van der Waals surface area contributed by atoms with Gasteiger partial charge < -0.3 is 5.11 Å². The number of hydrogen-bond acceptors (Lipinski definition) is 3. The van der Waals surface area contributed by atoms with Crippen molar-refractivity contribution in [3.8, 4) is 11.3 Å². The van der Waals surface area contributed by atoms with Gasteiger partial charge in [-0.2, -0.15) is 13.2 Å². The minimum absolute atomic E-state index is 0. The molecule has 2 aliphatic rings. The molecule has 7 heteroatoms. The van der Waals surface area contributed by atoms with Crippen LogP contribution in [0.5, 0.6) is 0 Å². The second-order valence-electron chi connectivity index (χ2n) is 16.2. The fourth-order valence-electron chi connectivity index (χ4n) is 7.67. The Morgan fingerprint density at radius 1 is 0.940 bits per heavy atom. The van der Waals surface area contributed by atoms with Gasteiger partial charge in [0.15, 0.2) is 5.78 Å². The van der Waals surface area contributed by atoms with Gasteiger partial charge in [0.1, 0.15) is 0 Å². The van der Waals surface area contributed by atoms with E-state index in [1.54, 1.807) is 0 Å². The number of aliphatic hydroxyl groups is 1. The summed E-state index contributed by atoms with van der Waals surface area (Å²) < 4.78 is 36.1. The second-order valence-corrected chi connectivity index (χ2v) is 16.2. The predicted molar refractivity (Wildman–Crippen MR) is 195 cm³/mol. The zero-order valence-electron chi connectivity index (χ0n) is 30.5. The Hall–Kier alpha value is -3.02. The minimum atomic E-state index is -4.83. The van der Waals surface area contributed by atoms with Gasteiger partial charge in [-0.15, -0.1) is 29.1 Å². The SMILES string of the molecule is CC1(C)CCC(C(=O)/C=C(\O)C(F)(F)F)CC1.Cc1cc(C)c2c(C3CCCCC3)cc(-c3[c-]c4ccccc4c(C(C)(C)C)c3)nc2c1.[Ir]. The van der Waals surface area contributed by atoms with Gasteiger partial charge in [0, 0.05) is 43.2 Å². The molecule has 6 rings (SSSR count). The zero-order chi connectivity index (χ0) is 35.7. The standard InChI is InChI=1S/C31H34N.C12H17F3O2.Ir/c1-20-15-21(2)30-26(22-11-7-6-8-12-22)19-28(32-29(30)16-20)24-17-23-13-9-10-14-25(23)27(18-24)31(3,4)5;1-11(2)5-3-8(4-6-11)9(16)7-10(17)12(13,14)15;/h9-10,13-16,18-19,22H,6-8,11-12H2,1-5H3;7-8,17H,3-6H2,1-2H3;/q-1;;/b;10-7-;. The van der Waals surface area contributed by atoms with Crippen LogP contribution in [0.2, 0.25) is 0 Å². The van der Waals surface area contributed by atoms with Crippen LogP contribution in [0.1, 0.15) is 121 Å². The fraction of sp³-hybridized carbons (Fsp3) is 0.488. The Kier molecular flexibility index (Phi) is 12.5. The number of benzene rings is 3. The summed E-state index contributed by atoms with van der Waals surface area (Å²) in [7, 11) is 0. The van der Waals surface area contributed by atoms with Crippen LogP contribution < -0.4 is 0 Å². The topological polar surface area (TPSA) is 50.2 Å².